The van der Waals surface area contributed by atoms with Gasteiger partial charge in [0.25, 0.3) is 0 Å². The summed E-state index contributed by atoms with van der Waals surface area (Å²) in [6.07, 6.45) is 0. The first-order valence-corrected chi connectivity index (χ1v) is 6.55. The second-order valence-corrected chi connectivity index (χ2v) is 4.71. The third-order valence-electron chi connectivity index (χ3n) is 3.25. The Morgan fingerprint density at radius 3 is 2.75 bits per heavy atom. The van der Waals surface area contributed by atoms with E-state index < -0.39 is 0 Å². The molecule has 6 heteroatoms. The number of ether oxygens (including phenoxy) is 1. The van der Waals surface area contributed by atoms with E-state index in [1.807, 2.05) is 36.1 Å². The van der Waals surface area contributed by atoms with Crippen molar-refractivity contribution in [2.45, 2.75) is 6.92 Å². The van der Waals surface area contributed by atoms with Crippen molar-refractivity contribution in [2.75, 3.05) is 31.2 Å². The number of anilines is 1. The summed E-state index contributed by atoms with van der Waals surface area (Å²) < 4.78 is 5.32. The third-order valence-corrected chi connectivity index (χ3v) is 3.25. The van der Waals surface area contributed by atoms with Gasteiger partial charge in [0.1, 0.15) is 6.07 Å². The SMILES string of the molecule is Cc1cccc(-n2nc(C#N)c(N3CCOCC3)n2)c1. The maximum absolute atomic E-state index is 9.24. The van der Waals surface area contributed by atoms with Crippen LogP contribution in [0.4, 0.5) is 5.82 Å². The average molecular weight is 269 g/mol. The summed E-state index contributed by atoms with van der Waals surface area (Å²) in [6.45, 7) is 4.80. The Morgan fingerprint density at radius 1 is 1.25 bits per heavy atom. The molecule has 2 aromatic rings. The molecule has 0 radical (unpaired) electrons. The van der Waals surface area contributed by atoms with Crippen molar-refractivity contribution < 1.29 is 4.74 Å². The van der Waals surface area contributed by atoms with E-state index in [1.54, 1.807) is 0 Å². The lowest BCUT2D eigenvalue weighted by atomic mass is 10.2. The van der Waals surface area contributed by atoms with Crippen LogP contribution in [0.15, 0.2) is 24.3 Å². The van der Waals surface area contributed by atoms with E-state index in [1.165, 1.54) is 4.80 Å². The molecular weight excluding hydrogens is 254 g/mol. The minimum absolute atomic E-state index is 0.355. The summed E-state index contributed by atoms with van der Waals surface area (Å²) in [5, 5.41) is 18.0. The normalized spacial score (nSPS) is 15.1. The van der Waals surface area contributed by atoms with Crippen molar-refractivity contribution in [1.82, 2.24) is 15.0 Å². The Morgan fingerprint density at radius 2 is 2.05 bits per heavy atom. The summed E-state index contributed by atoms with van der Waals surface area (Å²) in [4.78, 5) is 3.57. The molecule has 1 aliphatic heterocycles. The fourth-order valence-corrected chi connectivity index (χ4v) is 2.23. The molecule has 0 bridgehead atoms. The number of rotatable bonds is 2. The van der Waals surface area contributed by atoms with Gasteiger partial charge >= 0.3 is 0 Å². The lowest BCUT2D eigenvalue weighted by Gasteiger charge is -2.26. The average Bonchev–Trinajstić information content (AvgIpc) is 2.92. The van der Waals surface area contributed by atoms with E-state index in [2.05, 4.69) is 16.3 Å². The summed E-state index contributed by atoms with van der Waals surface area (Å²) in [7, 11) is 0. The monoisotopic (exact) mass is 269 g/mol. The predicted molar refractivity (Wildman–Crippen MR) is 73.8 cm³/mol. The molecule has 1 fully saturated rings. The van der Waals surface area contributed by atoms with Crippen LogP contribution < -0.4 is 4.90 Å². The van der Waals surface area contributed by atoms with Gasteiger partial charge in [0.15, 0.2) is 5.82 Å². The second-order valence-electron chi connectivity index (χ2n) is 4.71. The van der Waals surface area contributed by atoms with Crippen LogP contribution in [0.2, 0.25) is 0 Å². The molecule has 2 heterocycles. The van der Waals surface area contributed by atoms with Gasteiger partial charge in [-0.15, -0.1) is 15.0 Å². The Kier molecular flexibility index (Phi) is 3.35. The quantitative estimate of drug-likeness (QED) is 0.821. The number of hydrogen-bond acceptors (Lipinski definition) is 5. The molecule has 0 saturated carbocycles. The van der Waals surface area contributed by atoms with Crippen LogP contribution in [0.1, 0.15) is 11.3 Å². The highest BCUT2D eigenvalue weighted by molar-refractivity contribution is 5.50. The molecule has 6 nitrogen and oxygen atoms in total. The largest absolute Gasteiger partial charge is 0.378 e. The van der Waals surface area contributed by atoms with E-state index in [4.69, 9.17) is 4.74 Å². The number of nitriles is 1. The van der Waals surface area contributed by atoms with Crippen molar-refractivity contribution in [1.29, 1.82) is 5.26 Å². The van der Waals surface area contributed by atoms with Crippen molar-refractivity contribution in [3.8, 4) is 11.8 Å². The first kappa shape index (κ1) is 12.6. The second kappa shape index (κ2) is 5.31. The molecule has 0 N–H and O–H groups in total. The number of morpholine rings is 1. The zero-order valence-corrected chi connectivity index (χ0v) is 11.3. The van der Waals surface area contributed by atoms with Gasteiger partial charge in [0.2, 0.25) is 5.69 Å². The molecule has 20 heavy (non-hydrogen) atoms. The molecule has 1 aromatic carbocycles. The Labute approximate surface area is 117 Å². The van der Waals surface area contributed by atoms with Gasteiger partial charge in [0.05, 0.1) is 18.9 Å². The first-order chi connectivity index (χ1) is 9.78. The molecule has 3 rings (SSSR count). The maximum atomic E-state index is 9.24. The molecule has 0 aliphatic carbocycles. The van der Waals surface area contributed by atoms with E-state index in [0.717, 1.165) is 24.3 Å². The fourth-order valence-electron chi connectivity index (χ4n) is 2.23. The lowest BCUT2D eigenvalue weighted by molar-refractivity contribution is 0.122. The van der Waals surface area contributed by atoms with E-state index in [-0.39, 0.29) is 0 Å². The van der Waals surface area contributed by atoms with Crippen molar-refractivity contribution >= 4 is 5.82 Å². The smallest absolute Gasteiger partial charge is 0.207 e. The van der Waals surface area contributed by atoms with Gasteiger partial charge in [0, 0.05) is 13.1 Å². The van der Waals surface area contributed by atoms with Gasteiger partial charge in [-0.2, -0.15) is 5.26 Å². The molecule has 0 spiro atoms. The summed E-state index contributed by atoms with van der Waals surface area (Å²) in [5.41, 5.74) is 2.35. The van der Waals surface area contributed by atoms with Gasteiger partial charge in [-0.3, -0.25) is 0 Å². The van der Waals surface area contributed by atoms with Crippen LogP contribution in [0, 0.1) is 18.3 Å². The Bertz CT molecular complexity index is 652. The van der Waals surface area contributed by atoms with Crippen molar-refractivity contribution in [3.05, 3.63) is 35.5 Å². The molecule has 1 aliphatic rings. The number of nitrogens with zero attached hydrogens (tertiary/aromatic N) is 5. The number of aromatic nitrogens is 3. The van der Waals surface area contributed by atoms with Crippen LogP contribution in [0.25, 0.3) is 5.69 Å². The maximum Gasteiger partial charge on any atom is 0.207 e. The highest BCUT2D eigenvalue weighted by atomic mass is 16.5. The summed E-state index contributed by atoms with van der Waals surface area (Å²) in [6, 6.07) is 10.0. The van der Waals surface area contributed by atoms with Crippen molar-refractivity contribution in [3.63, 3.8) is 0 Å². The summed E-state index contributed by atoms with van der Waals surface area (Å²) >= 11 is 0. The summed E-state index contributed by atoms with van der Waals surface area (Å²) in [5.74, 6) is 0.636. The van der Waals surface area contributed by atoms with Crippen LogP contribution in [0.3, 0.4) is 0 Å². The zero-order valence-electron chi connectivity index (χ0n) is 11.3. The predicted octanol–water partition coefficient (Wildman–Crippen LogP) is 1.28. The molecule has 0 unspecified atom stereocenters. The molecule has 0 atom stereocenters. The Balaban J connectivity index is 1.98. The lowest BCUT2D eigenvalue weighted by Crippen LogP contribution is -2.37. The van der Waals surface area contributed by atoms with Crippen LogP contribution in [-0.2, 0) is 4.74 Å². The minimum Gasteiger partial charge on any atom is -0.378 e. The number of benzene rings is 1. The Hall–Kier alpha value is -2.39. The molecule has 102 valence electrons. The number of aryl methyl sites for hydroxylation is 1. The van der Waals surface area contributed by atoms with Crippen LogP contribution >= 0.6 is 0 Å². The van der Waals surface area contributed by atoms with Crippen LogP contribution in [-0.4, -0.2) is 41.3 Å². The first-order valence-electron chi connectivity index (χ1n) is 6.55. The number of hydrogen-bond donors (Lipinski definition) is 0. The molecular formula is C14H15N5O. The molecule has 0 amide bonds. The third kappa shape index (κ3) is 2.36. The zero-order chi connectivity index (χ0) is 13.9. The topological polar surface area (TPSA) is 67.0 Å². The van der Waals surface area contributed by atoms with E-state index in [0.29, 0.717) is 24.7 Å². The van der Waals surface area contributed by atoms with Gasteiger partial charge < -0.3 is 9.64 Å². The van der Waals surface area contributed by atoms with Crippen LogP contribution in [0.5, 0.6) is 0 Å². The van der Waals surface area contributed by atoms with Gasteiger partial charge in [-0.05, 0) is 24.6 Å². The highest BCUT2D eigenvalue weighted by Crippen LogP contribution is 2.18. The van der Waals surface area contributed by atoms with Gasteiger partial charge in [-0.1, -0.05) is 12.1 Å². The minimum atomic E-state index is 0.355. The molecule has 1 aromatic heterocycles. The van der Waals surface area contributed by atoms with Gasteiger partial charge in [-0.25, -0.2) is 0 Å². The highest BCUT2D eigenvalue weighted by Gasteiger charge is 2.20. The fraction of sp³-hybridized carbons (Fsp3) is 0.357. The molecule has 1 saturated heterocycles. The van der Waals surface area contributed by atoms with E-state index in [9.17, 15) is 5.26 Å². The van der Waals surface area contributed by atoms with Crippen molar-refractivity contribution in [2.24, 2.45) is 0 Å². The standard InChI is InChI=1S/C14H15N5O/c1-11-3-2-4-12(9-11)19-16-13(10-15)14(17-19)18-5-7-20-8-6-18/h2-4,9H,5-8H2,1H3. The van der Waals surface area contributed by atoms with E-state index >= 15 is 0 Å².